The van der Waals surface area contributed by atoms with Crippen LogP contribution in [0, 0.1) is 0 Å². The van der Waals surface area contributed by atoms with E-state index in [-0.39, 0.29) is 4.88 Å². The van der Waals surface area contributed by atoms with E-state index in [9.17, 15) is 4.79 Å². The molecule has 3 aromatic rings. The molecule has 88 valence electrons. The molecule has 0 saturated carbocycles. The first-order valence-electron chi connectivity index (χ1n) is 5.29. The van der Waals surface area contributed by atoms with Crippen LogP contribution >= 0.6 is 11.3 Å². The Morgan fingerprint density at radius 2 is 2.00 bits per heavy atom. The van der Waals surface area contributed by atoms with Gasteiger partial charge in [-0.3, -0.25) is 4.98 Å². The summed E-state index contributed by atoms with van der Waals surface area (Å²) in [6.45, 7) is 0. The molecule has 0 aliphatic heterocycles. The Morgan fingerprint density at radius 3 is 2.78 bits per heavy atom. The minimum Gasteiger partial charge on any atom is -0.477 e. The molecule has 1 N–H and O–H groups in total. The van der Waals surface area contributed by atoms with Crippen LogP contribution in [0.15, 0.2) is 42.7 Å². The Balaban J connectivity index is 2.21. The number of carboxylic acids is 1. The van der Waals surface area contributed by atoms with Gasteiger partial charge in [0.15, 0.2) is 0 Å². The molecule has 1 aromatic carbocycles. The van der Waals surface area contributed by atoms with Crippen LogP contribution in [-0.2, 0) is 0 Å². The van der Waals surface area contributed by atoms with Gasteiger partial charge in [-0.25, -0.2) is 9.78 Å². The second-order valence-corrected chi connectivity index (χ2v) is 4.74. The number of hydrogen-bond donors (Lipinski definition) is 1. The van der Waals surface area contributed by atoms with E-state index < -0.39 is 5.97 Å². The number of rotatable bonds is 2. The lowest BCUT2D eigenvalue weighted by Crippen LogP contribution is -1.89. The van der Waals surface area contributed by atoms with Gasteiger partial charge in [0.05, 0.1) is 11.7 Å². The molecule has 0 amide bonds. The molecule has 2 heterocycles. The SMILES string of the molecule is O=C(O)c1cnc(-c2ccnc3ccccc23)s1. The predicted molar refractivity (Wildman–Crippen MR) is 69.8 cm³/mol. The van der Waals surface area contributed by atoms with Gasteiger partial charge >= 0.3 is 5.97 Å². The zero-order valence-corrected chi connectivity index (χ0v) is 10.0. The molecule has 4 nitrogen and oxygen atoms in total. The summed E-state index contributed by atoms with van der Waals surface area (Å²) in [4.78, 5) is 19.5. The first kappa shape index (κ1) is 10.9. The summed E-state index contributed by atoms with van der Waals surface area (Å²) in [6.07, 6.45) is 3.09. The van der Waals surface area contributed by atoms with Crippen molar-refractivity contribution in [3.05, 3.63) is 47.6 Å². The van der Waals surface area contributed by atoms with E-state index in [1.165, 1.54) is 17.5 Å². The van der Waals surface area contributed by atoms with E-state index in [0.29, 0.717) is 5.01 Å². The number of nitrogens with zero attached hydrogens (tertiary/aromatic N) is 2. The molecule has 3 rings (SSSR count). The summed E-state index contributed by atoms with van der Waals surface area (Å²) < 4.78 is 0. The standard InChI is InChI=1S/C13H8N2O2S/c16-13(17)11-7-15-12(18-11)9-5-6-14-10-4-2-1-3-8(9)10/h1-7H,(H,16,17). The number of para-hydroxylation sites is 1. The number of thiazole rings is 1. The summed E-state index contributed by atoms with van der Waals surface area (Å²) in [5.41, 5.74) is 1.79. The number of aromatic nitrogens is 2. The Hall–Kier alpha value is -2.27. The molecule has 5 heteroatoms. The van der Waals surface area contributed by atoms with Gasteiger partial charge in [-0.05, 0) is 12.1 Å². The molecule has 0 spiro atoms. The van der Waals surface area contributed by atoms with Crippen LogP contribution in [0.4, 0.5) is 0 Å². The molecule has 0 aliphatic carbocycles. The highest BCUT2D eigenvalue weighted by atomic mass is 32.1. The van der Waals surface area contributed by atoms with E-state index in [0.717, 1.165) is 16.5 Å². The highest BCUT2D eigenvalue weighted by Crippen LogP contribution is 2.30. The summed E-state index contributed by atoms with van der Waals surface area (Å²) in [6, 6.07) is 9.58. The zero-order valence-electron chi connectivity index (χ0n) is 9.20. The molecular weight excluding hydrogens is 248 g/mol. The van der Waals surface area contributed by atoms with Gasteiger partial charge in [0.2, 0.25) is 0 Å². The van der Waals surface area contributed by atoms with Crippen molar-refractivity contribution in [3.63, 3.8) is 0 Å². The van der Waals surface area contributed by atoms with Gasteiger partial charge in [0.25, 0.3) is 0 Å². The summed E-state index contributed by atoms with van der Waals surface area (Å²) in [5, 5.41) is 10.6. The predicted octanol–water partition coefficient (Wildman–Crippen LogP) is 3.06. The topological polar surface area (TPSA) is 63.1 Å². The second kappa shape index (κ2) is 4.19. The van der Waals surface area contributed by atoms with Gasteiger partial charge in [0.1, 0.15) is 9.88 Å². The minimum absolute atomic E-state index is 0.242. The van der Waals surface area contributed by atoms with E-state index in [1.54, 1.807) is 6.20 Å². The molecule has 2 aromatic heterocycles. The molecule has 0 aliphatic rings. The molecule has 0 fully saturated rings. The van der Waals surface area contributed by atoms with Crippen molar-refractivity contribution in [1.29, 1.82) is 0 Å². The monoisotopic (exact) mass is 256 g/mol. The lowest BCUT2D eigenvalue weighted by molar-refractivity contribution is 0.0702. The minimum atomic E-state index is -0.947. The molecule has 18 heavy (non-hydrogen) atoms. The maximum atomic E-state index is 10.9. The Kier molecular flexibility index (Phi) is 2.53. The number of hydrogen-bond acceptors (Lipinski definition) is 4. The molecule has 0 saturated heterocycles. The van der Waals surface area contributed by atoms with Gasteiger partial charge < -0.3 is 5.11 Å². The maximum absolute atomic E-state index is 10.9. The van der Waals surface area contributed by atoms with Crippen LogP contribution in [-0.4, -0.2) is 21.0 Å². The van der Waals surface area contributed by atoms with E-state index in [4.69, 9.17) is 5.11 Å². The molecule has 0 radical (unpaired) electrons. The molecule has 0 atom stereocenters. The third-order valence-electron chi connectivity index (χ3n) is 2.60. The van der Waals surface area contributed by atoms with E-state index in [2.05, 4.69) is 9.97 Å². The molecular formula is C13H8N2O2S. The van der Waals surface area contributed by atoms with Crippen LogP contribution in [0.2, 0.25) is 0 Å². The summed E-state index contributed by atoms with van der Waals surface area (Å²) >= 11 is 1.17. The lowest BCUT2D eigenvalue weighted by atomic mass is 10.1. The Labute approximate surface area is 107 Å². The number of benzene rings is 1. The number of pyridine rings is 1. The third-order valence-corrected chi connectivity index (χ3v) is 3.61. The van der Waals surface area contributed by atoms with E-state index in [1.807, 2.05) is 30.3 Å². The highest BCUT2D eigenvalue weighted by Gasteiger charge is 2.12. The fraction of sp³-hybridized carbons (Fsp3) is 0. The second-order valence-electron chi connectivity index (χ2n) is 3.71. The quantitative estimate of drug-likeness (QED) is 0.765. The number of carbonyl (C=O) groups is 1. The van der Waals surface area contributed by atoms with Gasteiger partial charge in [-0.15, -0.1) is 11.3 Å². The van der Waals surface area contributed by atoms with Crippen LogP contribution in [0.3, 0.4) is 0 Å². The molecule has 0 bridgehead atoms. The average Bonchev–Trinajstić information content (AvgIpc) is 2.87. The fourth-order valence-corrected chi connectivity index (χ4v) is 2.57. The van der Waals surface area contributed by atoms with Crippen molar-refractivity contribution in [2.45, 2.75) is 0 Å². The Morgan fingerprint density at radius 1 is 1.17 bits per heavy atom. The smallest absolute Gasteiger partial charge is 0.347 e. The zero-order chi connectivity index (χ0) is 12.5. The first-order valence-corrected chi connectivity index (χ1v) is 6.10. The molecule has 0 unspecified atom stereocenters. The average molecular weight is 256 g/mol. The highest BCUT2D eigenvalue weighted by molar-refractivity contribution is 7.16. The first-order chi connectivity index (χ1) is 8.75. The summed E-state index contributed by atoms with van der Waals surface area (Å²) in [5.74, 6) is -0.947. The van der Waals surface area contributed by atoms with Crippen LogP contribution < -0.4 is 0 Å². The van der Waals surface area contributed by atoms with Gasteiger partial charge in [-0.2, -0.15) is 0 Å². The maximum Gasteiger partial charge on any atom is 0.347 e. The van der Waals surface area contributed by atoms with E-state index >= 15 is 0 Å². The third kappa shape index (κ3) is 1.74. The Bertz CT molecular complexity index is 731. The van der Waals surface area contributed by atoms with Crippen molar-refractivity contribution in [3.8, 4) is 10.6 Å². The lowest BCUT2D eigenvalue weighted by Gasteiger charge is -2.01. The van der Waals surface area contributed by atoms with Crippen LogP contribution in [0.1, 0.15) is 9.67 Å². The van der Waals surface area contributed by atoms with Crippen molar-refractivity contribution in [2.75, 3.05) is 0 Å². The largest absolute Gasteiger partial charge is 0.477 e. The number of aromatic carboxylic acids is 1. The van der Waals surface area contributed by atoms with Crippen molar-refractivity contribution in [2.24, 2.45) is 0 Å². The number of fused-ring (bicyclic) bond motifs is 1. The van der Waals surface area contributed by atoms with Crippen LogP contribution in [0.25, 0.3) is 21.5 Å². The van der Waals surface area contributed by atoms with Gasteiger partial charge in [0, 0.05) is 17.1 Å². The van der Waals surface area contributed by atoms with Gasteiger partial charge in [-0.1, -0.05) is 18.2 Å². The van der Waals surface area contributed by atoms with Crippen molar-refractivity contribution in [1.82, 2.24) is 9.97 Å². The van der Waals surface area contributed by atoms with Crippen LogP contribution in [0.5, 0.6) is 0 Å². The summed E-state index contributed by atoms with van der Waals surface area (Å²) in [7, 11) is 0. The number of carboxylic acid groups (broad SMARTS) is 1. The van der Waals surface area contributed by atoms with Crippen molar-refractivity contribution >= 4 is 28.2 Å². The normalized spacial score (nSPS) is 10.7. The fourth-order valence-electron chi connectivity index (χ4n) is 1.78. The van der Waals surface area contributed by atoms with Crippen molar-refractivity contribution < 1.29 is 9.90 Å².